The van der Waals surface area contributed by atoms with Crippen LogP contribution in [0.25, 0.3) is 0 Å². The third kappa shape index (κ3) is 4.46. The van der Waals surface area contributed by atoms with Gasteiger partial charge >= 0.3 is 5.97 Å². The number of hydrogen-bond acceptors (Lipinski definition) is 4. The summed E-state index contributed by atoms with van der Waals surface area (Å²) in [5.74, 6) is 2.01. The minimum absolute atomic E-state index is 0.0415. The predicted octanol–water partition coefficient (Wildman–Crippen LogP) is 8.13. The lowest BCUT2D eigenvalue weighted by molar-refractivity contribution is -0.249. The van der Waals surface area contributed by atoms with Crippen LogP contribution >= 0.6 is 0 Å². The molecule has 0 radical (unpaired) electrons. The van der Waals surface area contributed by atoms with E-state index in [-0.39, 0.29) is 58.6 Å². The van der Waals surface area contributed by atoms with E-state index in [1.165, 1.54) is 12.5 Å². The van der Waals surface area contributed by atoms with E-state index in [2.05, 4.69) is 48.1 Å². The molecule has 0 bridgehead atoms. The molecule has 1 heterocycles. The molecular formula is C39H64N2O3. The maximum atomic E-state index is 15.0. The maximum Gasteiger partial charge on any atom is 0.302 e. The zero-order valence-electron chi connectivity index (χ0n) is 34.8. The third-order valence-corrected chi connectivity index (χ3v) is 15.7. The van der Waals surface area contributed by atoms with Gasteiger partial charge in [0, 0.05) is 52.8 Å². The summed E-state index contributed by atoms with van der Waals surface area (Å²) < 4.78 is 53.7. The molecule has 0 spiro atoms. The van der Waals surface area contributed by atoms with E-state index < -0.39 is 25.2 Å². The number of nitrogens with zero attached hydrogens (tertiary/aromatic N) is 2. The highest BCUT2D eigenvalue weighted by Crippen LogP contribution is 2.77. The van der Waals surface area contributed by atoms with Gasteiger partial charge in [0.25, 0.3) is 0 Å². The maximum absolute atomic E-state index is 15.0. The molecular weight excluding hydrogens is 544 g/mol. The van der Waals surface area contributed by atoms with Crippen molar-refractivity contribution in [3.63, 3.8) is 0 Å². The number of carbonyl (C=O) groups is 2. The van der Waals surface area contributed by atoms with Crippen LogP contribution in [0.5, 0.6) is 0 Å². The molecule has 5 heteroatoms. The van der Waals surface area contributed by atoms with E-state index in [0.29, 0.717) is 36.8 Å². The summed E-state index contributed by atoms with van der Waals surface area (Å²) in [4.78, 5) is 30.6. The number of amides is 1. The Bertz CT molecular complexity index is 1360. The second-order valence-electron chi connectivity index (χ2n) is 17.5. The second-order valence-corrected chi connectivity index (χ2v) is 17.5. The van der Waals surface area contributed by atoms with Crippen molar-refractivity contribution >= 4 is 11.9 Å². The Morgan fingerprint density at radius 3 is 2.16 bits per heavy atom. The summed E-state index contributed by atoms with van der Waals surface area (Å²) in [6.45, 7) is 16.6. The van der Waals surface area contributed by atoms with Crippen molar-refractivity contribution in [3.8, 4) is 0 Å². The normalized spacial score (nSPS) is 49.4. The quantitative estimate of drug-likeness (QED) is 0.237. The van der Waals surface area contributed by atoms with E-state index in [1.807, 2.05) is 4.90 Å². The van der Waals surface area contributed by atoms with E-state index >= 15 is 0 Å². The predicted molar refractivity (Wildman–Crippen MR) is 178 cm³/mol. The fourth-order valence-electron chi connectivity index (χ4n) is 13.4. The van der Waals surface area contributed by atoms with Gasteiger partial charge in [0.1, 0.15) is 6.10 Å². The lowest BCUT2D eigenvalue weighted by Gasteiger charge is -2.73. The first-order chi connectivity index (χ1) is 22.9. The van der Waals surface area contributed by atoms with Gasteiger partial charge in [-0.3, -0.25) is 14.5 Å². The Labute approximate surface area is 277 Å². The van der Waals surface area contributed by atoms with Crippen molar-refractivity contribution in [3.05, 3.63) is 12.2 Å². The first-order valence-corrected chi connectivity index (χ1v) is 17.8. The minimum atomic E-state index is -2.63. The highest BCUT2D eigenvalue weighted by atomic mass is 16.5. The van der Waals surface area contributed by atoms with Crippen LogP contribution in [0.1, 0.15) is 135 Å². The van der Waals surface area contributed by atoms with Crippen LogP contribution in [0.2, 0.25) is 0 Å². The van der Waals surface area contributed by atoms with Gasteiger partial charge < -0.3 is 9.64 Å². The van der Waals surface area contributed by atoms with Crippen molar-refractivity contribution in [2.45, 2.75) is 139 Å². The smallest absolute Gasteiger partial charge is 0.302 e. The molecule has 0 unspecified atom stereocenters. The van der Waals surface area contributed by atoms with Crippen LogP contribution in [0.3, 0.4) is 0 Å². The zero-order valence-corrected chi connectivity index (χ0v) is 28.8. The molecule has 5 aliphatic carbocycles. The first kappa shape index (κ1) is 25.7. The molecule has 44 heavy (non-hydrogen) atoms. The number of esters is 1. The van der Waals surface area contributed by atoms with Crippen LogP contribution < -0.4 is 0 Å². The highest BCUT2D eigenvalue weighted by Gasteiger charge is 2.72. The van der Waals surface area contributed by atoms with E-state index in [9.17, 15) is 9.59 Å². The summed E-state index contributed by atoms with van der Waals surface area (Å²) in [5.41, 5.74) is 1.02. The summed E-state index contributed by atoms with van der Waals surface area (Å²) in [7, 11) is 0. The lowest BCUT2D eigenvalue weighted by Crippen LogP contribution is -2.68. The number of hydrogen-bond donors (Lipinski definition) is 0. The summed E-state index contributed by atoms with van der Waals surface area (Å²) in [5, 5.41) is 0. The van der Waals surface area contributed by atoms with Gasteiger partial charge in [-0.15, -0.1) is 0 Å². The monoisotopic (exact) mass is 615 g/mol. The fourth-order valence-corrected chi connectivity index (χ4v) is 13.4. The molecule has 0 aromatic heterocycles. The summed E-state index contributed by atoms with van der Waals surface area (Å²) >= 11 is 0. The summed E-state index contributed by atoms with van der Waals surface area (Å²) in [6.07, 6.45) is 10.2. The van der Waals surface area contributed by atoms with Crippen LogP contribution in [0, 0.1) is 56.7 Å². The SMILES string of the molecule is [2H]C([2H])([2H])C(N1CCN(C(=O)[C@]23CC[C@@H](C(=C)C)[C@@H]2[C@H]2CC[C@@H]4[C@@]5(C)CC[C@H](OC(C)=O)C(C)(C)[C@@H]5CC[C@@]4(C)[C@]2(C)CC3)CC1)C([2H])([2H])[2H]. The van der Waals surface area contributed by atoms with E-state index in [4.69, 9.17) is 13.0 Å². The molecule has 1 amide bonds. The number of rotatable bonds is 4. The molecule has 6 fully saturated rings. The van der Waals surface area contributed by atoms with E-state index in [0.717, 1.165) is 64.2 Å². The van der Waals surface area contributed by atoms with Crippen molar-refractivity contribution in [2.75, 3.05) is 26.2 Å². The van der Waals surface area contributed by atoms with Crippen LogP contribution in [0.4, 0.5) is 0 Å². The van der Waals surface area contributed by atoms with Crippen molar-refractivity contribution in [1.82, 2.24) is 9.80 Å². The average Bonchev–Trinajstić information content (AvgIpc) is 3.39. The molecule has 0 N–H and O–H groups in total. The van der Waals surface area contributed by atoms with Gasteiger partial charge in [-0.25, -0.2) is 0 Å². The first-order valence-electron chi connectivity index (χ1n) is 20.8. The van der Waals surface area contributed by atoms with Gasteiger partial charge in [-0.2, -0.15) is 0 Å². The van der Waals surface area contributed by atoms with Gasteiger partial charge in [0.2, 0.25) is 5.91 Å². The van der Waals surface area contributed by atoms with Gasteiger partial charge in [0.05, 0.1) is 5.41 Å². The Balaban J connectivity index is 1.27. The van der Waals surface area contributed by atoms with Crippen molar-refractivity contribution < 1.29 is 22.6 Å². The van der Waals surface area contributed by atoms with Crippen molar-refractivity contribution in [1.29, 1.82) is 0 Å². The Hall–Kier alpha value is -1.36. The number of fused-ring (bicyclic) bond motifs is 7. The molecule has 5 nitrogen and oxygen atoms in total. The lowest BCUT2D eigenvalue weighted by atomic mass is 9.32. The molecule has 0 aromatic rings. The number of carbonyl (C=O) groups excluding carboxylic acids is 2. The second kappa shape index (κ2) is 10.8. The number of ether oxygens (including phenoxy) is 1. The third-order valence-electron chi connectivity index (χ3n) is 15.7. The average molecular weight is 615 g/mol. The molecule has 248 valence electrons. The minimum Gasteiger partial charge on any atom is -0.462 e. The molecule has 0 aromatic carbocycles. The fraction of sp³-hybridized carbons (Fsp3) is 0.897. The molecule has 10 atom stereocenters. The van der Waals surface area contributed by atoms with Crippen LogP contribution in [0.15, 0.2) is 12.2 Å². The van der Waals surface area contributed by atoms with Gasteiger partial charge in [-0.1, -0.05) is 46.8 Å². The van der Waals surface area contributed by atoms with Crippen molar-refractivity contribution in [2.24, 2.45) is 56.7 Å². The van der Waals surface area contributed by atoms with Gasteiger partial charge in [-0.05, 0) is 131 Å². The zero-order chi connectivity index (χ0) is 37.0. The Morgan fingerprint density at radius 2 is 1.52 bits per heavy atom. The largest absolute Gasteiger partial charge is 0.462 e. The molecule has 6 rings (SSSR count). The molecule has 1 saturated heterocycles. The Kier molecular flexibility index (Phi) is 6.33. The number of allylic oxidation sites excluding steroid dienone is 1. The van der Waals surface area contributed by atoms with Gasteiger partial charge in [0.15, 0.2) is 0 Å². The van der Waals surface area contributed by atoms with E-state index in [1.54, 1.807) is 4.90 Å². The van der Waals surface area contributed by atoms with Crippen LogP contribution in [-0.2, 0) is 14.3 Å². The standard InChI is InChI=1S/C39H64N2O3/c1-25(2)28-13-18-39(34(43)41-23-21-40(22-24-41)26(3)4)20-19-37(9)29(33(28)39)11-12-31-36(8)16-15-32(44-27(5)42)35(6,7)30(36)14-17-38(31,37)10/h26,28-33H,1,11-24H2,2-10H3/t28-,29+,30-,31+,32-,33+,36-,37+,38+,39-/m0/s1/i3D3,4D3. The highest BCUT2D eigenvalue weighted by molar-refractivity contribution is 5.84. The molecule has 6 aliphatic rings. The topological polar surface area (TPSA) is 49.9 Å². The summed E-state index contributed by atoms with van der Waals surface area (Å²) in [6, 6.07) is -1.53. The number of piperazine rings is 1. The molecule has 5 saturated carbocycles. The molecule has 1 aliphatic heterocycles. The Morgan fingerprint density at radius 1 is 0.818 bits per heavy atom. The van der Waals surface area contributed by atoms with Crippen LogP contribution in [-0.4, -0.2) is 60.0 Å².